The molecule has 5 rings (SSSR count). The fourth-order valence-corrected chi connectivity index (χ4v) is 4.12. The van der Waals surface area contributed by atoms with Crippen LogP contribution in [-0.2, 0) is 30.5 Å². The van der Waals surface area contributed by atoms with Gasteiger partial charge in [0.1, 0.15) is 12.1 Å². The summed E-state index contributed by atoms with van der Waals surface area (Å²) >= 11 is 0. The van der Waals surface area contributed by atoms with Crippen molar-refractivity contribution in [2.45, 2.75) is 25.8 Å². The maximum absolute atomic E-state index is 13.1. The first kappa shape index (κ1) is 21.2. The van der Waals surface area contributed by atoms with Crippen LogP contribution in [0.2, 0.25) is 0 Å². The number of aromatic nitrogens is 4. The van der Waals surface area contributed by atoms with E-state index in [0.717, 1.165) is 23.4 Å². The number of urea groups is 1. The molecule has 0 spiro atoms. The third-order valence-electron chi connectivity index (χ3n) is 5.71. The summed E-state index contributed by atoms with van der Waals surface area (Å²) in [4.78, 5) is 20.9. The van der Waals surface area contributed by atoms with Crippen molar-refractivity contribution in [3.63, 3.8) is 0 Å². The molecule has 0 radical (unpaired) electrons. The van der Waals surface area contributed by atoms with Crippen LogP contribution >= 0.6 is 0 Å². The zero-order chi connectivity index (χ0) is 23.2. The average Bonchev–Trinajstić information content (AvgIpc) is 3.43. The van der Waals surface area contributed by atoms with E-state index in [-0.39, 0.29) is 18.3 Å². The first-order chi connectivity index (χ1) is 15.8. The molecule has 0 aliphatic carbocycles. The van der Waals surface area contributed by atoms with E-state index in [1.165, 1.54) is 12.4 Å². The van der Waals surface area contributed by atoms with Crippen molar-refractivity contribution in [3.05, 3.63) is 46.9 Å². The van der Waals surface area contributed by atoms with E-state index in [1.54, 1.807) is 14.2 Å². The number of anilines is 2. The topological polar surface area (TPSA) is 114 Å². The number of carbonyl (C=O) groups excluding carboxylic acids is 1. The van der Waals surface area contributed by atoms with Crippen molar-refractivity contribution in [2.24, 2.45) is 0 Å². The van der Waals surface area contributed by atoms with Crippen molar-refractivity contribution >= 4 is 23.3 Å². The van der Waals surface area contributed by atoms with Crippen LogP contribution in [0, 0.1) is 0 Å². The summed E-state index contributed by atoms with van der Waals surface area (Å²) in [5.41, 5.74) is 6.82. The molecular weight excluding hydrogens is 441 g/mol. The van der Waals surface area contributed by atoms with Crippen LogP contribution in [0.25, 0.3) is 5.78 Å². The summed E-state index contributed by atoms with van der Waals surface area (Å²) < 4.78 is 46.5. The molecule has 1 saturated heterocycles. The molecule has 1 fully saturated rings. The highest BCUT2D eigenvalue weighted by Gasteiger charge is 2.33. The van der Waals surface area contributed by atoms with Gasteiger partial charge in [0, 0.05) is 30.9 Å². The summed E-state index contributed by atoms with van der Waals surface area (Å²) in [6.07, 6.45) is -2.97. The molecule has 3 aromatic rings. The third kappa shape index (κ3) is 4.11. The van der Waals surface area contributed by atoms with Crippen LogP contribution < -0.4 is 11.1 Å². The Labute approximate surface area is 186 Å². The van der Waals surface area contributed by atoms with Gasteiger partial charge in [0.25, 0.3) is 5.78 Å². The predicted octanol–water partition coefficient (Wildman–Crippen LogP) is 2.11. The lowest BCUT2D eigenvalue weighted by Crippen LogP contribution is -2.46. The van der Waals surface area contributed by atoms with Crippen LogP contribution in [0.1, 0.15) is 22.4 Å². The monoisotopic (exact) mass is 462 g/mol. The number of benzene rings is 1. The van der Waals surface area contributed by atoms with Gasteiger partial charge in [-0.15, -0.1) is 10.2 Å². The van der Waals surface area contributed by atoms with Crippen LogP contribution in [-0.4, -0.2) is 61.7 Å². The van der Waals surface area contributed by atoms with Crippen LogP contribution in [0.15, 0.2) is 24.5 Å². The van der Waals surface area contributed by atoms with E-state index in [0.29, 0.717) is 56.6 Å². The number of amides is 2. The number of hydrogen-bond acceptors (Lipinski definition) is 7. The Bertz CT molecular complexity index is 1210. The predicted molar refractivity (Wildman–Crippen MR) is 111 cm³/mol. The number of ether oxygens (including phenoxy) is 1. The molecule has 2 amide bonds. The van der Waals surface area contributed by atoms with E-state index in [9.17, 15) is 18.0 Å². The first-order valence-electron chi connectivity index (χ1n) is 10.3. The highest BCUT2D eigenvalue weighted by molar-refractivity contribution is 5.76. The zero-order valence-electron chi connectivity index (χ0n) is 17.5. The smallest absolute Gasteiger partial charge is 0.399 e. The quantitative estimate of drug-likeness (QED) is 0.573. The molecule has 2 aromatic heterocycles. The number of nitrogen functional groups attached to an aromatic ring is 1. The molecule has 2 aliphatic rings. The molecule has 0 unspecified atom stereocenters. The van der Waals surface area contributed by atoms with Crippen LogP contribution in [0.5, 0.6) is 0 Å². The number of carbonyl (C=O) groups is 1. The second kappa shape index (κ2) is 8.06. The van der Waals surface area contributed by atoms with Gasteiger partial charge in [-0.25, -0.2) is 4.79 Å². The Morgan fingerprint density at radius 3 is 2.70 bits per heavy atom. The summed E-state index contributed by atoms with van der Waals surface area (Å²) in [7, 11) is 0. The molecule has 33 heavy (non-hydrogen) atoms. The van der Waals surface area contributed by atoms with Gasteiger partial charge in [0.15, 0.2) is 0 Å². The van der Waals surface area contributed by atoms with Gasteiger partial charge >= 0.3 is 12.2 Å². The van der Waals surface area contributed by atoms with Crippen LogP contribution in [0.4, 0.5) is 29.5 Å². The van der Waals surface area contributed by atoms with Gasteiger partial charge in [-0.2, -0.15) is 18.2 Å². The minimum atomic E-state index is -4.50. The van der Waals surface area contributed by atoms with Gasteiger partial charge in [0.2, 0.25) is 0 Å². The Balaban J connectivity index is 1.41. The second-order valence-corrected chi connectivity index (χ2v) is 7.94. The number of nitrogens with zero attached hydrogens (tertiary/aromatic N) is 6. The first-order valence-corrected chi connectivity index (χ1v) is 10.3. The number of morpholine rings is 1. The van der Waals surface area contributed by atoms with Gasteiger partial charge < -0.3 is 25.6 Å². The van der Waals surface area contributed by atoms with E-state index in [4.69, 9.17) is 10.5 Å². The van der Waals surface area contributed by atoms with Crippen molar-refractivity contribution in [1.82, 2.24) is 29.4 Å². The second-order valence-electron chi connectivity index (χ2n) is 7.94. The summed E-state index contributed by atoms with van der Waals surface area (Å²) in [5, 5.41) is 11.0. The van der Waals surface area contributed by atoms with E-state index >= 15 is 0 Å². The molecule has 2 aliphatic heterocycles. The average molecular weight is 462 g/mol. The molecular formula is C20H21F3N8O2. The summed E-state index contributed by atoms with van der Waals surface area (Å²) in [5.74, 6) is 0.777. The number of rotatable bonds is 3. The maximum Gasteiger partial charge on any atom is 0.416 e. The molecule has 0 bridgehead atoms. The lowest BCUT2D eigenvalue weighted by molar-refractivity contribution is -0.137. The highest BCUT2D eigenvalue weighted by Crippen LogP contribution is 2.33. The number of fused-ring (bicyclic) bond motifs is 3. The fourth-order valence-electron chi connectivity index (χ4n) is 4.12. The fraction of sp³-hybridized carbons (Fsp3) is 0.400. The lowest BCUT2D eigenvalue weighted by atomic mass is 10.1. The van der Waals surface area contributed by atoms with Crippen LogP contribution in [0.3, 0.4) is 0 Å². The molecule has 0 saturated carbocycles. The number of halogens is 3. The molecule has 1 aromatic carbocycles. The molecule has 4 heterocycles. The van der Waals surface area contributed by atoms with Gasteiger partial charge in [-0.05, 0) is 23.8 Å². The number of nitrogens with one attached hydrogen (secondary N) is 1. The third-order valence-corrected chi connectivity index (χ3v) is 5.71. The van der Waals surface area contributed by atoms with Gasteiger partial charge in [-0.1, -0.05) is 0 Å². The zero-order valence-corrected chi connectivity index (χ0v) is 17.5. The van der Waals surface area contributed by atoms with Gasteiger partial charge in [-0.3, -0.25) is 4.40 Å². The molecule has 13 heteroatoms. The molecule has 174 valence electrons. The Hall–Kier alpha value is -3.61. The number of nitrogens with two attached hydrogens (primary N) is 1. The Morgan fingerprint density at radius 1 is 1.15 bits per heavy atom. The van der Waals surface area contributed by atoms with E-state index in [2.05, 4.69) is 20.5 Å². The molecule has 0 atom stereocenters. The molecule has 3 N–H and O–H groups in total. The largest absolute Gasteiger partial charge is 0.416 e. The minimum Gasteiger partial charge on any atom is -0.399 e. The number of hydrogen-bond donors (Lipinski definition) is 2. The molecule has 10 nitrogen and oxygen atoms in total. The standard InChI is InChI=1S/C20H21F3N8O2/c21-20(22,23)13-5-12(6-14(24)7-13)8-25-17-15-9-30(19(32)29-1-3-33-4-2-29)10-16(15)31-11-26-28-18(31)27-17/h5-7,11H,1-4,8-10,24H2,(H,25,27,28). The van der Waals surface area contributed by atoms with Crippen molar-refractivity contribution < 1.29 is 22.7 Å². The summed E-state index contributed by atoms with van der Waals surface area (Å²) in [6.45, 7) is 2.75. The van der Waals surface area contributed by atoms with Gasteiger partial charge in [0.05, 0.1) is 37.6 Å². The number of alkyl halides is 3. The van der Waals surface area contributed by atoms with Crippen molar-refractivity contribution in [2.75, 3.05) is 37.4 Å². The summed E-state index contributed by atoms with van der Waals surface area (Å²) in [6, 6.07) is 3.32. The SMILES string of the molecule is Nc1cc(CNc2nc3nncn3c3c2CN(C(=O)N2CCOCC2)C3)cc(C(F)(F)F)c1. The highest BCUT2D eigenvalue weighted by atomic mass is 19.4. The van der Waals surface area contributed by atoms with E-state index < -0.39 is 11.7 Å². The van der Waals surface area contributed by atoms with E-state index in [1.807, 2.05) is 0 Å². The normalized spacial score (nSPS) is 16.3. The minimum absolute atomic E-state index is 0.0232. The van der Waals surface area contributed by atoms with Crippen molar-refractivity contribution in [3.8, 4) is 0 Å². The Morgan fingerprint density at radius 2 is 1.94 bits per heavy atom. The van der Waals surface area contributed by atoms with Crippen molar-refractivity contribution in [1.29, 1.82) is 0 Å². The Kier molecular flexibility index (Phi) is 5.19. The maximum atomic E-state index is 13.1. The lowest BCUT2D eigenvalue weighted by Gasteiger charge is -2.30.